The summed E-state index contributed by atoms with van der Waals surface area (Å²) < 4.78 is 0.831. The Bertz CT molecular complexity index is 507. The van der Waals surface area contributed by atoms with Crippen molar-refractivity contribution in [2.75, 3.05) is 0 Å². The zero-order valence-corrected chi connectivity index (χ0v) is 12.6. The SMILES string of the molecule is CC(N[C@H](C)c1ccc(Cl)cc1)c1csc(Cl)c1. The van der Waals surface area contributed by atoms with Crippen molar-refractivity contribution in [3.05, 3.63) is 56.2 Å². The lowest BCUT2D eigenvalue weighted by Crippen LogP contribution is -2.22. The molecule has 96 valence electrons. The molecule has 2 atom stereocenters. The molecule has 1 N–H and O–H groups in total. The van der Waals surface area contributed by atoms with Crippen LogP contribution in [0.15, 0.2) is 35.7 Å². The van der Waals surface area contributed by atoms with Crippen molar-refractivity contribution >= 4 is 34.5 Å². The van der Waals surface area contributed by atoms with E-state index in [1.54, 1.807) is 11.3 Å². The van der Waals surface area contributed by atoms with Gasteiger partial charge in [0, 0.05) is 17.1 Å². The Hall–Kier alpha value is -0.540. The van der Waals surface area contributed by atoms with Crippen LogP contribution in [0.5, 0.6) is 0 Å². The molecule has 1 heterocycles. The van der Waals surface area contributed by atoms with Gasteiger partial charge in [0.1, 0.15) is 0 Å². The topological polar surface area (TPSA) is 12.0 Å². The van der Waals surface area contributed by atoms with Crippen LogP contribution < -0.4 is 5.32 Å². The summed E-state index contributed by atoms with van der Waals surface area (Å²) in [6.45, 7) is 4.29. The molecule has 4 heteroatoms. The maximum absolute atomic E-state index is 5.95. The summed E-state index contributed by atoms with van der Waals surface area (Å²) in [5.41, 5.74) is 2.46. The minimum atomic E-state index is 0.274. The van der Waals surface area contributed by atoms with Crippen LogP contribution in [0.25, 0.3) is 0 Å². The Morgan fingerprint density at radius 2 is 1.61 bits per heavy atom. The van der Waals surface area contributed by atoms with Crippen molar-refractivity contribution in [2.24, 2.45) is 0 Å². The highest BCUT2D eigenvalue weighted by Crippen LogP contribution is 2.26. The summed E-state index contributed by atoms with van der Waals surface area (Å²) in [6, 6.07) is 10.5. The van der Waals surface area contributed by atoms with E-state index < -0.39 is 0 Å². The van der Waals surface area contributed by atoms with Gasteiger partial charge in [-0.3, -0.25) is 0 Å². The molecule has 0 fully saturated rings. The third kappa shape index (κ3) is 3.48. The molecule has 2 aromatic rings. The highest BCUT2D eigenvalue weighted by molar-refractivity contribution is 7.14. The molecule has 18 heavy (non-hydrogen) atoms. The van der Waals surface area contributed by atoms with E-state index in [0.717, 1.165) is 9.36 Å². The third-order valence-electron chi connectivity index (χ3n) is 2.96. The summed E-state index contributed by atoms with van der Waals surface area (Å²) >= 11 is 13.4. The first-order valence-corrected chi connectivity index (χ1v) is 7.45. The molecule has 0 bridgehead atoms. The number of nitrogens with one attached hydrogen (secondary N) is 1. The summed E-state index contributed by atoms with van der Waals surface area (Å²) in [5.74, 6) is 0. The van der Waals surface area contributed by atoms with Crippen LogP contribution in [0.3, 0.4) is 0 Å². The quantitative estimate of drug-likeness (QED) is 0.789. The lowest BCUT2D eigenvalue weighted by molar-refractivity contribution is 0.495. The largest absolute Gasteiger partial charge is 0.304 e. The Morgan fingerprint density at radius 3 is 2.17 bits per heavy atom. The van der Waals surface area contributed by atoms with E-state index in [1.807, 2.05) is 30.3 Å². The second-order valence-electron chi connectivity index (χ2n) is 4.35. The van der Waals surface area contributed by atoms with E-state index in [2.05, 4.69) is 24.5 Å². The van der Waals surface area contributed by atoms with Gasteiger partial charge in [0.2, 0.25) is 0 Å². The summed E-state index contributed by atoms with van der Waals surface area (Å²) in [4.78, 5) is 0. The van der Waals surface area contributed by atoms with Crippen molar-refractivity contribution in [1.82, 2.24) is 5.32 Å². The first-order valence-electron chi connectivity index (χ1n) is 5.81. The normalized spacial score (nSPS) is 14.4. The summed E-state index contributed by atoms with van der Waals surface area (Å²) in [6.07, 6.45) is 0. The molecular formula is C14H15Cl2NS. The van der Waals surface area contributed by atoms with E-state index in [4.69, 9.17) is 23.2 Å². The molecule has 0 radical (unpaired) electrons. The molecule has 0 aliphatic heterocycles. The highest BCUT2D eigenvalue weighted by Gasteiger charge is 2.12. The van der Waals surface area contributed by atoms with Crippen LogP contribution in [0.4, 0.5) is 0 Å². The Labute approximate surface area is 122 Å². The second-order valence-corrected chi connectivity index (χ2v) is 6.32. The van der Waals surface area contributed by atoms with E-state index in [1.165, 1.54) is 11.1 Å². The van der Waals surface area contributed by atoms with Gasteiger partial charge in [-0.15, -0.1) is 11.3 Å². The maximum atomic E-state index is 5.95. The standard InChI is InChI=1S/C14H15Cl2NS/c1-9(11-3-5-13(15)6-4-11)17-10(2)12-7-14(16)18-8-12/h3-10,17H,1-2H3/t9-,10?/m1/s1. The monoisotopic (exact) mass is 299 g/mol. The molecule has 0 spiro atoms. The van der Waals surface area contributed by atoms with E-state index in [-0.39, 0.29) is 12.1 Å². The van der Waals surface area contributed by atoms with Crippen LogP contribution in [-0.2, 0) is 0 Å². The molecule has 0 saturated heterocycles. The molecule has 0 saturated carbocycles. The number of rotatable bonds is 4. The predicted molar refractivity (Wildman–Crippen MR) is 80.7 cm³/mol. The molecule has 0 amide bonds. The lowest BCUT2D eigenvalue weighted by Gasteiger charge is -2.19. The summed E-state index contributed by atoms with van der Waals surface area (Å²) in [7, 11) is 0. The Kier molecular flexibility index (Phi) is 4.68. The van der Waals surface area contributed by atoms with Gasteiger partial charge in [-0.05, 0) is 48.6 Å². The number of hydrogen-bond acceptors (Lipinski definition) is 2. The van der Waals surface area contributed by atoms with Gasteiger partial charge in [-0.2, -0.15) is 0 Å². The van der Waals surface area contributed by atoms with Crippen molar-refractivity contribution in [1.29, 1.82) is 0 Å². The predicted octanol–water partition coefficient (Wildman–Crippen LogP) is 5.47. The third-order valence-corrected chi connectivity index (χ3v) is 4.32. The molecular weight excluding hydrogens is 285 g/mol. The van der Waals surface area contributed by atoms with Crippen LogP contribution in [0.1, 0.15) is 37.1 Å². The van der Waals surface area contributed by atoms with Crippen LogP contribution in [0, 0.1) is 0 Å². The number of thiophene rings is 1. The Morgan fingerprint density at radius 1 is 1.00 bits per heavy atom. The van der Waals surface area contributed by atoms with Crippen LogP contribution in [-0.4, -0.2) is 0 Å². The smallest absolute Gasteiger partial charge is 0.0931 e. The van der Waals surface area contributed by atoms with E-state index in [0.29, 0.717) is 0 Å². The first-order chi connectivity index (χ1) is 8.56. The lowest BCUT2D eigenvalue weighted by atomic mass is 10.1. The minimum absolute atomic E-state index is 0.274. The van der Waals surface area contributed by atoms with Crippen molar-refractivity contribution in [3.63, 3.8) is 0 Å². The van der Waals surface area contributed by atoms with Crippen molar-refractivity contribution in [3.8, 4) is 0 Å². The molecule has 0 aliphatic carbocycles. The molecule has 2 rings (SSSR count). The number of halogens is 2. The number of benzene rings is 1. The van der Waals surface area contributed by atoms with E-state index in [9.17, 15) is 0 Å². The van der Waals surface area contributed by atoms with Crippen molar-refractivity contribution < 1.29 is 0 Å². The zero-order valence-electron chi connectivity index (χ0n) is 10.3. The van der Waals surface area contributed by atoms with Crippen LogP contribution in [0.2, 0.25) is 9.36 Å². The fraction of sp³-hybridized carbons (Fsp3) is 0.286. The van der Waals surface area contributed by atoms with Gasteiger partial charge in [0.05, 0.1) is 4.34 Å². The van der Waals surface area contributed by atoms with Gasteiger partial charge in [0.15, 0.2) is 0 Å². The van der Waals surface area contributed by atoms with Crippen molar-refractivity contribution in [2.45, 2.75) is 25.9 Å². The van der Waals surface area contributed by atoms with Gasteiger partial charge < -0.3 is 5.32 Å². The van der Waals surface area contributed by atoms with Crippen LogP contribution >= 0.6 is 34.5 Å². The van der Waals surface area contributed by atoms with Gasteiger partial charge in [0.25, 0.3) is 0 Å². The van der Waals surface area contributed by atoms with Gasteiger partial charge >= 0.3 is 0 Å². The highest BCUT2D eigenvalue weighted by atomic mass is 35.5. The fourth-order valence-corrected chi connectivity index (χ4v) is 2.98. The minimum Gasteiger partial charge on any atom is -0.304 e. The zero-order chi connectivity index (χ0) is 13.1. The summed E-state index contributed by atoms with van der Waals surface area (Å²) in [5, 5.41) is 6.41. The molecule has 1 nitrogen and oxygen atoms in total. The maximum Gasteiger partial charge on any atom is 0.0931 e. The molecule has 1 aromatic heterocycles. The van der Waals surface area contributed by atoms with Gasteiger partial charge in [-0.1, -0.05) is 35.3 Å². The number of hydrogen-bond donors (Lipinski definition) is 1. The second kappa shape index (κ2) is 6.07. The molecule has 1 unspecified atom stereocenters. The fourth-order valence-electron chi connectivity index (χ4n) is 1.87. The first kappa shape index (κ1) is 13.9. The van der Waals surface area contributed by atoms with Gasteiger partial charge in [-0.25, -0.2) is 0 Å². The molecule has 1 aromatic carbocycles. The average molecular weight is 300 g/mol. The average Bonchev–Trinajstić information content (AvgIpc) is 2.76. The van der Waals surface area contributed by atoms with E-state index >= 15 is 0 Å². The Balaban J connectivity index is 2.02. The molecule has 0 aliphatic rings.